The second-order valence-electron chi connectivity index (χ2n) is 6.72. The fourth-order valence-electron chi connectivity index (χ4n) is 2.98. The zero-order valence-corrected chi connectivity index (χ0v) is 18.3. The summed E-state index contributed by atoms with van der Waals surface area (Å²) in [5.41, 5.74) is 1.61. The number of rotatable bonds is 6. The van der Waals surface area contributed by atoms with Gasteiger partial charge in [0.05, 0.1) is 4.88 Å². The van der Waals surface area contributed by atoms with E-state index in [9.17, 15) is 13.2 Å². The van der Waals surface area contributed by atoms with Crippen LogP contribution < -0.4 is 4.72 Å². The van der Waals surface area contributed by atoms with E-state index in [0.717, 1.165) is 23.3 Å². The lowest BCUT2D eigenvalue weighted by atomic mass is 10.1. The normalized spacial score (nSPS) is 17.3. The molecule has 0 unspecified atom stereocenters. The summed E-state index contributed by atoms with van der Waals surface area (Å²) in [5.74, 6) is -0.0113. The van der Waals surface area contributed by atoms with Crippen molar-refractivity contribution < 1.29 is 28.2 Å². The van der Waals surface area contributed by atoms with E-state index >= 15 is 0 Å². The number of nitrogens with one attached hydrogen (secondary N) is 1. The van der Waals surface area contributed by atoms with Gasteiger partial charge in [-0.1, -0.05) is 41.9 Å². The van der Waals surface area contributed by atoms with Crippen LogP contribution in [0.4, 0.5) is 4.79 Å². The van der Waals surface area contributed by atoms with E-state index in [-0.39, 0.29) is 22.0 Å². The van der Waals surface area contributed by atoms with Crippen LogP contribution in [0.1, 0.15) is 33.1 Å². The predicted molar refractivity (Wildman–Crippen MR) is 118 cm³/mol. The molecule has 4 rings (SSSR count). The Morgan fingerprint density at radius 3 is 2.19 bits per heavy atom. The molecule has 1 aromatic heterocycles. The van der Waals surface area contributed by atoms with Crippen molar-refractivity contribution in [1.29, 1.82) is 0 Å². The Morgan fingerprint density at radius 2 is 1.58 bits per heavy atom. The molecule has 0 bridgehead atoms. The van der Waals surface area contributed by atoms with Gasteiger partial charge in [-0.3, -0.25) is 4.79 Å². The van der Waals surface area contributed by atoms with Crippen LogP contribution in [0.15, 0.2) is 70.9 Å². The Balaban J connectivity index is 0.000000628. The van der Waals surface area contributed by atoms with Crippen LogP contribution in [0.25, 0.3) is 0 Å². The number of hydrogen-bond donors (Lipinski definition) is 3. The summed E-state index contributed by atoms with van der Waals surface area (Å²) in [7, 11) is -3.64. The first-order valence-corrected chi connectivity index (χ1v) is 11.7. The first kappa shape index (κ1) is 23.0. The van der Waals surface area contributed by atoms with Crippen molar-refractivity contribution in [2.75, 3.05) is 0 Å². The molecule has 0 amide bonds. The Labute approximate surface area is 188 Å². The minimum Gasteiger partial charge on any atom is -0.450 e. The zero-order valence-electron chi connectivity index (χ0n) is 15.9. The van der Waals surface area contributed by atoms with E-state index in [1.54, 1.807) is 30.3 Å². The second-order valence-corrected chi connectivity index (χ2v) is 10.2. The molecule has 31 heavy (non-hydrogen) atoms. The molecule has 10 heteroatoms. The van der Waals surface area contributed by atoms with Crippen LogP contribution in [0.5, 0.6) is 0 Å². The summed E-state index contributed by atoms with van der Waals surface area (Å²) in [6, 6.07) is 19.3. The van der Waals surface area contributed by atoms with Gasteiger partial charge in [-0.15, -0.1) is 11.3 Å². The highest BCUT2D eigenvalue weighted by molar-refractivity contribution is 7.91. The molecule has 1 heterocycles. The number of benzene rings is 2. The summed E-state index contributed by atoms with van der Waals surface area (Å²) in [6.45, 7) is 0. The van der Waals surface area contributed by atoms with Crippen LogP contribution in [0.2, 0.25) is 5.02 Å². The van der Waals surface area contributed by atoms with Crippen LogP contribution in [0.3, 0.4) is 0 Å². The molecule has 7 nitrogen and oxygen atoms in total. The summed E-state index contributed by atoms with van der Waals surface area (Å²) in [4.78, 5) is 21.5. The molecule has 3 N–H and O–H groups in total. The average molecular weight is 480 g/mol. The highest BCUT2D eigenvalue weighted by Crippen LogP contribution is 2.41. The molecule has 0 aliphatic heterocycles. The zero-order chi connectivity index (χ0) is 22.6. The molecule has 1 aliphatic carbocycles. The van der Waals surface area contributed by atoms with E-state index in [0.29, 0.717) is 15.5 Å². The van der Waals surface area contributed by atoms with E-state index in [1.165, 1.54) is 6.07 Å². The average Bonchev–Trinajstić information content (AvgIpc) is 3.28. The van der Waals surface area contributed by atoms with Gasteiger partial charge in [-0.05, 0) is 48.4 Å². The number of sulfonamides is 1. The number of ketones is 1. The molecular weight excluding hydrogens is 462 g/mol. The Kier molecular flexibility index (Phi) is 7.11. The molecule has 2 atom stereocenters. The number of carbonyl (C=O) groups excluding carboxylic acids is 1. The van der Waals surface area contributed by atoms with Gasteiger partial charge in [0.25, 0.3) is 0 Å². The number of carboxylic acid groups (broad SMARTS) is 2. The predicted octanol–water partition coefficient (Wildman–Crippen LogP) is 4.69. The van der Waals surface area contributed by atoms with Crippen molar-refractivity contribution >= 4 is 44.9 Å². The van der Waals surface area contributed by atoms with Gasteiger partial charge < -0.3 is 10.2 Å². The van der Waals surface area contributed by atoms with Gasteiger partial charge in [-0.25, -0.2) is 17.9 Å². The van der Waals surface area contributed by atoms with E-state index < -0.39 is 16.2 Å². The molecule has 1 aliphatic rings. The van der Waals surface area contributed by atoms with Crippen LogP contribution in [-0.2, 0) is 10.0 Å². The quantitative estimate of drug-likeness (QED) is 0.441. The number of halogens is 1. The summed E-state index contributed by atoms with van der Waals surface area (Å²) in [5, 5.41) is 14.5. The highest BCUT2D eigenvalue weighted by atomic mass is 35.5. The lowest BCUT2D eigenvalue weighted by Crippen LogP contribution is -2.26. The van der Waals surface area contributed by atoms with Crippen molar-refractivity contribution in [3.05, 3.63) is 87.8 Å². The minimum absolute atomic E-state index is 0.102. The molecule has 1 fully saturated rings. The van der Waals surface area contributed by atoms with Crippen LogP contribution in [0, 0.1) is 0 Å². The fraction of sp³-hybridized carbons (Fsp3) is 0.143. The van der Waals surface area contributed by atoms with Gasteiger partial charge in [0.2, 0.25) is 15.8 Å². The van der Waals surface area contributed by atoms with Gasteiger partial charge in [0.1, 0.15) is 4.21 Å². The lowest BCUT2D eigenvalue weighted by molar-refractivity contribution is 0.104. The van der Waals surface area contributed by atoms with E-state index in [2.05, 4.69) is 4.72 Å². The van der Waals surface area contributed by atoms with E-state index in [1.807, 2.05) is 30.3 Å². The fourth-order valence-corrected chi connectivity index (χ4v) is 5.68. The first-order chi connectivity index (χ1) is 14.7. The second kappa shape index (κ2) is 9.61. The van der Waals surface area contributed by atoms with Gasteiger partial charge >= 0.3 is 6.16 Å². The Hall–Kier alpha value is -2.72. The molecule has 3 aromatic rings. The summed E-state index contributed by atoms with van der Waals surface area (Å²) in [6.07, 6.45) is -1.05. The number of hydrogen-bond acceptors (Lipinski definition) is 5. The monoisotopic (exact) mass is 479 g/mol. The van der Waals surface area contributed by atoms with Crippen molar-refractivity contribution in [3.63, 3.8) is 0 Å². The SMILES string of the molecule is O=C(O)O.O=C(c1ccc(Cl)cc1)c1ccc(S(=O)(=O)N[C@H]2C[C@@H]2c2ccccc2)s1. The Morgan fingerprint density at radius 1 is 0.968 bits per heavy atom. The van der Waals surface area contributed by atoms with Crippen molar-refractivity contribution in [3.8, 4) is 0 Å². The standard InChI is InChI=1S/C20H16ClNO3S2.CH2O3/c21-15-8-6-14(7-9-15)20(23)18-10-11-19(26-18)27(24,25)22-17-12-16(17)13-4-2-1-3-5-13;2-1(3)4/h1-11,16-17,22H,12H2;(H2,2,3,4)/t16-,17+;/m1./s1. The molecule has 0 radical (unpaired) electrons. The maximum absolute atomic E-state index is 12.6. The summed E-state index contributed by atoms with van der Waals surface area (Å²) >= 11 is 6.82. The maximum Gasteiger partial charge on any atom is 0.503 e. The molecular formula is C21H18ClNO6S2. The summed E-state index contributed by atoms with van der Waals surface area (Å²) < 4.78 is 28.2. The van der Waals surface area contributed by atoms with E-state index in [4.69, 9.17) is 26.6 Å². The van der Waals surface area contributed by atoms with Crippen molar-refractivity contribution in [2.45, 2.75) is 22.6 Å². The topological polar surface area (TPSA) is 121 Å². The number of carbonyl (C=O) groups is 2. The molecule has 0 saturated heterocycles. The molecule has 162 valence electrons. The smallest absolute Gasteiger partial charge is 0.450 e. The molecule has 0 spiro atoms. The molecule has 2 aromatic carbocycles. The third kappa shape index (κ3) is 6.14. The van der Waals surface area contributed by atoms with Crippen LogP contribution in [-0.4, -0.2) is 36.6 Å². The first-order valence-electron chi connectivity index (χ1n) is 9.06. The Bertz CT molecular complexity index is 1170. The third-order valence-corrected chi connectivity index (χ3v) is 7.82. The number of thiophene rings is 1. The lowest BCUT2D eigenvalue weighted by Gasteiger charge is -2.04. The van der Waals surface area contributed by atoms with Gasteiger partial charge in [-0.2, -0.15) is 0 Å². The third-order valence-electron chi connectivity index (χ3n) is 4.50. The minimum atomic E-state index is -3.64. The van der Waals surface area contributed by atoms with Crippen molar-refractivity contribution in [2.24, 2.45) is 0 Å². The largest absolute Gasteiger partial charge is 0.503 e. The van der Waals surface area contributed by atoms with Gasteiger partial charge in [0, 0.05) is 22.5 Å². The highest BCUT2D eigenvalue weighted by Gasteiger charge is 2.41. The van der Waals surface area contributed by atoms with Gasteiger partial charge in [0.15, 0.2) is 0 Å². The van der Waals surface area contributed by atoms with Crippen molar-refractivity contribution in [1.82, 2.24) is 4.72 Å². The van der Waals surface area contributed by atoms with Crippen LogP contribution >= 0.6 is 22.9 Å². The maximum atomic E-state index is 12.6. The molecule has 1 saturated carbocycles.